The second-order valence-corrected chi connectivity index (χ2v) is 6.35. The molecule has 6 heteroatoms. The minimum Gasteiger partial charge on any atom is -0.353 e. The maximum atomic E-state index is 13.1. The highest BCUT2D eigenvalue weighted by molar-refractivity contribution is 5.81. The summed E-state index contributed by atoms with van der Waals surface area (Å²) in [4.78, 5) is 24.9. The van der Waals surface area contributed by atoms with E-state index in [9.17, 15) is 9.18 Å². The van der Waals surface area contributed by atoms with Gasteiger partial charge >= 0.3 is 0 Å². The summed E-state index contributed by atoms with van der Waals surface area (Å²) in [5, 5.41) is 0. The van der Waals surface area contributed by atoms with E-state index in [-0.39, 0.29) is 11.7 Å². The molecule has 0 unspecified atom stereocenters. The molecule has 1 aromatic heterocycles. The number of nitrogens with zero attached hydrogens (tertiary/aromatic N) is 4. The highest BCUT2D eigenvalue weighted by atomic mass is 19.1. The summed E-state index contributed by atoms with van der Waals surface area (Å²) in [6.07, 6.45) is 3.63. The fraction of sp³-hybridized carbons (Fsp3) is 0.389. The zero-order valence-electron chi connectivity index (χ0n) is 13.4. The molecule has 1 aliphatic heterocycles. The highest BCUT2D eigenvalue weighted by Crippen LogP contribution is 2.31. The number of piperazine rings is 1. The summed E-state index contributed by atoms with van der Waals surface area (Å²) in [6, 6.07) is 8.21. The normalized spacial score (nSPS) is 17.9. The van der Waals surface area contributed by atoms with E-state index in [2.05, 4.69) is 14.9 Å². The quantitative estimate of drug-likeness (QED) is 0.869. The Bertz CT molecular complexity index is 737. The van der Waals surface area contributed by atoms with Gasteiger partial charge in [-0.15, -0.1) is 0 Å². The Morgan fingerprint density at radius 3 is 2.42 bits per heavy atom. The average Bonchev–Trinajstić information content (AvgIpc) is 3.47. The molecule has 1 aromatic carbocycles. The van der Waals surface area contributed by atoms with Crippen molar-refractivity contribution in [3.63, 3.8) is 0 Å². The van der Waals surface area contributed by atoms with Crippen LogP contribution < -0.4 is 4.90 Å². The molecule has 0 radical (unpaired) electrons. The minimum absolute atomic E-state index is 0.260. The topological polar surface area (TPSA) is 49.3 Å². The summed E-state index contributed by atoms with van der Waals surface area (Å²) in [7, 11) is 0. The maximum Gasteiger partial charge on any atom is 0.225 e. The molecular weight excluding hydrogens is 307 g/mol. The Balaban J connectivity index is 1.46. The minimum atomic E-state index is -0.260. The molecule has 1 amide bonds. The van der Waals surface area contributed by atoms with Crippen LogP contribution in [0.4, 0.5) is 10.2 Å². The molecule has 1 saturated heterocycles. The smallest absolute Gasteiger partial charge is 0.225 e. The zero-order valence-corrected chi connectivity index (χ0v) is 13.4. The van der Waals surface area contributed by atoms with Crippen molar-refractivity contribution in [1.29, 1.82) is 0 Å². The van der Waals surface area contributed by atoms with E-state index in [1.54, 1.807) is 12.1 Å². The van der Waals surface area contributed by atoms with E-state index < -0.39 is 0 Å². The van der Waals surface area contributed by atoms with Crippen LogP contribution in [0.1, 0.15) is 12.8 Å². The summed E-state index contributed by atoms with van der Waals surface area (Å²) in [5.74, 6) is 1.18. The number of aromatic nitrogens is 2. The molecule has 24 heavy (non-hydrogen) atoms. The molecule has 1 saturated carbocycles. The van der Waals surface area contributed by atoms with Gasteiger partial charge in [0, 0.05) is 43.7 Å². The number of anilines is 1. The third-order valence-electron chi connectivity index (χ3n) is 4.63. The molecule has 0 atom stereocenters. The molecule has 0 bridgehead atoms. The summed E-state index contributed by atoms with van der Waals surface area (Å²) in [6.45, 7) is 3.03. The standard InChI is InChI=1S/C18H19FN4O/c19-15-5-3-13(4-6-15)16-11-17(21-12-20-16)22-7-9-23(10-8-22)18(24)14-1-2-14/h3-6,11-12,14H,1-2,7-10H2. The second-order valence-electron chi connectivity index (χ2n) is 6.35. The first-order valence-corrected chi connectivity index (χ1v) is 8.32. The van der Waals surface area contributed by atoms with Gasteiger partial charge in [-0.3, -0.25) is 4.79 Å². The molecule has 5 nitrogen and oxygen atoms in total. The van der Waals surface area contributed by atoms with Crippen LogP contribution in [-0.4, -0.2) is 47.0 Å². The Hall–Kier alpha value is -2.50. The summed E-state index contributed by atoms with van der Waals surface area (Å²) < 4.78 is 13.1. The number of hydrogen-bond donors (Lipinski definition) is 0. The lowest BCUT2D eigenvalue weighted by Crippen LogP contribution is -2.49. The van der Waals surface area contributed by atoms with Gasteiger partial charge < -0.3 is 9.80 Å². The third-order valence-corrected chi connectivity index (χ3v) is 4.63. The zero-order chi connectivity index (χ0) is 16.5. The number of carbonyl (C=O) groups is 1. The van der Waals surface area contributed by atoms with E-state index >= 15 is 0 Å². The van der Waals surface area contributed by atoms with E-state index in [0.717, 1.165) is 56.1 Å². The number of halogens is 1. The molecule has 2 fully saturated rings. The predicted octanol–water partition coefficient (Wildman–Crippen LogP) is 2.34. The van der Waals surface area contributed by atoms with Gasteiger partial charge in [0.25, 0.3) is 0 Å². The number of rotatable bonds is 3. The molecule has 0 spiro atoms. The van der Waals surface area contributed by atoms with Gasteiger partial charge in [0.1, 0.15) is 18.0 Å². The highest BCUT2D eigenvalue weighted by Gasteiger charge is 2.34. The van der Waals surface area contributed by atoms with Crippen LogP contribution in [-0.2, 0) is 4.79 Å². The lowest BCUT2D eigenvalue weighted by molar-refractivity contribution is -0.132. The van der Waals surface area contributed by atoms with E-state index in [4.69, 9.17) is 0 Å². The fourth-order valence-corrected chi connectivity index (χ4v) is 3.04. The van der Waals surface area contributed by atoms with Crippen molar-refractivity contribution in [2.45, 2.75) is 12.8 Å². The molecule has 4 rings (SSSR count). The van der Waals surface area contributed by atoms with Crippen molar-refractivity contribution in [3.8, 4) is 11.3 Å². The molecule has 0 N–H and O–H groups in total. The Kier molecular flexibility index (Phi) is 3.88. The summed E-state index contributed by atoms with van der Waals surface area (Å²) in [5.41, 5.74) is 1.64. The predicted molar refractivity (Wildman–Crippen MR) is 88.9 cm³/mol. The SMILES string of the molecule is O=C(C1CC1)N1CCN(c2cc(-c3ccc(F)cc3)ncn2)CC1. The molecule has 2 aliphatic rings. The molecule has 2 aromatic rings. The molecule has 2 heterocycles. The molecule has 124 valence electrons. The Morgan fingerprint density at radius 1 is 1.04 bits per heavy atom. The van der Waals surface area contributed by atoms with Crippen molar-refractivity contribution in [2.24, 2.45) is 5.92 Å². The number of amides is 1. The van der Waals surface area contributed by atoms with Crippen LogP contribution >= 0.6 is 0 Å². The lowest BCUT2D eigenvalue weighted by Gasteiger charge is -2.35. The van der Waals surface area contributed by atoms with E-state index in [1.807, 2.05) is 11.0 Å². The van der Waals surface area contributed by atoms with E-state index in [1.165, 1.54) is 18.5 Å². The first-order valence-electron chi connectivity index (χ1n) is 8.32. The van der Waals surface area contributed by atoms with Gasteiger partial charge in [0.05, 0.1) is 5.69 Å². The van der Waals surface area contributed by atoms with Crippen molar-refractivity contribution in [2.75, 3.05) is 31.1 Å². The van der Waals surface area contributed by atoms with Crippen LogP contribution in [0.5, 0.6) is 0 Å². The van der Waals surface area contributed by atoms with Crippen LogP contribution in [0.25, 0.3) is 11.3 Å². The Labute approximate surface area is 140 Å². The number of hydrogen-bond acceptors (Lipinski definition) is 4. The van der Waals surface area contributed by atoms with Gasteiger partial charge in [-0.2, -0.15) is 0 Å². The first-order chi connectivity index (χ1) is 11.7. The van der Waals surface area contributed by atoms with Gasteiger partial charge in [0.15, 0.2) is 0 Å². The van der Waals surface area contributed by atoms with Gasteiger partial charge in [-0.05, 0) is 37.1 Å². The van der Waals surface area contributed by atoms with Crippen LogP contribution in [0, 0.1) is 11.7 Å². The maximum absolute atomic E-state index is 13.1. The molecule has 1 aliphatic carbocycles. The lowest BCUT2D eigenvalue weighted by atomic mass is 10.1. The van der Waals surface area contributed by atoms with Gasteiger partial charge in [-0.1, -0.05) is 0 Å². The summed E-state index contributed by atoms with van der Waals surface area (Å²) >= 11 is 0. The van der Waals surface area contributed by atoms with Gasteiger partial charge in [-0.25, -0.2) is 14.4 Å². The monoisotopic (exact) mass is 326 g/mol. The van der Waals surface area contributed by atoms with Crippen LogP contribution in [0.15, 0.2) is 36.7 Å². The van der Waals surface area contributed by atoms with Crippen molar-refractivity contribution < 1.29 is 9.18 Å². The molecular formula is C18H19FN4O. The van der Waals surface area contributed by atoms with Crippen LogP contribution in [0.3, 0.4) is 0 Å². The van der Waals surface area contributed by atoms with Crippen molar-refractivity contribution in [1.82, 2.24) is 14.9 Å². The van der Waals surface area contributed by atoms with E-state index in [0.29, 0.717) is 5.91 Å². The second kappa shape index (κ2) is 6.19. The Morgan fingerprint density at radius 2 is 1.75 bits per heavy atom. The largest absolute Gasteiger partial charge is 0.353 e. The van der Waals surface area contributed by atoms with Crippen molar-refractivity contribution in [3.05, 3.63) is 42.5 Å². The number of carbonyl (C=O) groups excluding carboxylic acids is 1. The van der Waals surface area contributed by atoms with Crippen LogP contribution in [0.2, 0.25) is 0 Å². The van der Waals surface area contributed by atoms with Crippen molar-refractivity contribution >= 4 is 11.7 Å². The van der Waals surface area contributed by atoms with Gasteiger partial charge in [0.2, 0.25) is 5.91 Å². The average molecular weight is 326 g/mol. The fourth-order valence-electron chi connectivity index (χ4n) is 3.04. The third kappa shape index (κ3) is 3.09. The number of benzene rings is 1. The first kappa shape index (κ1) is 15.1.